The number of rotatable bonds is 9. The Morgan fingerprint density at radius 2 is 2.09 bits per heavy atom. The molecule has 2 rings (SSSR count). The van der Waals surface area contributed by atoms with E-state index in [9.17, 15) is 4.79 Å². The smallest absolute Gasteiger partial charge is 0.251 e. The summed E-state index contributed by atoms with van der Waals surface area (Å²) in [4.78, 5) is 14.3. The average molecular weight is 303 g/mol. The molecule has 1 unspecified atom stereocenters. The number of ether oxygens (including phenoxy) is 2. The van der Waals surface area contributed by atoms with Crippen molar-refractivity contribution in [2.45, 2.75) is 32.4 Å². The number of hydrogen-bond acceptors (Lipinski definition) is 3. The van der Waals surface area contributed by atoms with E-state index < -0.39 is 6.10 Å². The Bertz CT molecular complexity index is 494. The maximum Gasteiger partial charge on any atom is 0.251 e. The number of methoxy groups -OCH3 is 1. The lowest BCUT2D eigenvalue weighted by atomic mass is 10.2. The van der Waals surface area contributed by atoms with E-state index in [1.165, 1.54) is 12.8 Å². The van der Waals surface area contributed by atoms with Gasteiger partial charge in [-0.1, -0.05) is 18.2 Å². The minimum atomic E-state index is -0.404. The number of amides is 1. The highest BCUT2D eigenvalue weighted by atomic mass is 16.5. The first kappa shape index (κ1) is 16.6. The van der Waals surface area contributed by atoms with E-state index in [1.54, 1.807) is 18.1 Å². The molecule has 1 atom stereocenters. The molecule has 1 aliphatic rings. The second-order valence-electron chi connectivity index (χ2n) is 5.77. The number of benzene rings is 1. The second kappa shape index (κ2) is 7.99. The van der Waals surface area contributed by atoms with Crippen molar-refractivity contribution in [3.8, 4) is 5.75 Å². The van der Waals surface area contributed by atoms with Gasteiger partial charge in [0.2, 0.25) is 0 Å². The minimum Gasteiger partial charge on any atom is -0.497 e. The number of carbonyl (C=O) groups excluding carboxylic acids is 1. The first-order chi connectivity index (χ1) is 10.6. The van der Waals surface area contributed by atoms with E-state index in [-0.39, 0.29) is 5.91 Å². The second-order valence-corrected chi connectivity index (χ2v) is 5.77. The van der Waals surface area contributed by atoms with Crippen molar-refractivity contribution in [1.29, 1.82) is 0 Å². The van der Waals surface area contributed by atoms with Crippen molar-refractivity contribution in [1.82, 2.24) is 4.90 Å². The summed E-state index contributed by atoms with van der Waals surface area (Å²) in [6, 6.07) is 7.74. The van der Waals surface area contributed by atoms with Crippen LogP contribution in [0.15, 0.2) is 36.9 Å². The van der Waals surface area contributed by atoms with Gasteiger partial charge in [-0.25, -0.2) is 0 Å². The van der Waals surface area contributed by atoms with E-state index in [0.717, 1.165) is 11.3 Å². The molecular formula is C18H25NO3. The molecule has 0 saturated heterocycles. The highest BCUT2D eigenvalue weighted by Crippen LogP contribution is 2.29. The average Bonchev–Trinajstić information content (AvgIpc) is 3.36. The molecule has 1 aliphatic carbocycles. The van der Waals surface area contributed by atoms with Crippen LogP contribution in [0, 0.1) is 5.92 Å². The lowest BCUT2D eigenvalue weighted by Gasteiger charge is -2.25. The Hall–Kier alpha value is -1.81. The van der Waals surface area contributed by atoms with E-state index in [2.05, 4.69) is 6.58 Å². The van der Waals surface area contributed by atoms with Crippen LogP contribution in [0.25, 0.3) is 0 Å². The van der Waals surface area contributed by atoms with Crippen molar-refractivity contribution in [2.24, 2.45) is 5.92 Å². The monoisotopic (exact) mass is 303 g/mol. The molecule has 0 spiro atoms. The SMILES string of the molecule is C=CCN(Cc1ccc(OC)cc1)C(=O)C(C)OCC1CC1. The predicted molar refractivity (Wildman–Crippen MR) is 86.7 cm³/mol. The van der Waals surface area contributed by atoms with Gasteiger partial charge in [-0.2, -0.15) is 0 Å². The molecule has 4 nitrogen and oxygen atoms in total. The summed E-state index contributed by atoms with van der Waals surface area (Å²) in [5.74, 6) is 1.48. The molecule has 120 valence electrons. The van der Waals surface area contributed by atoms with Crippen LogP contribution in [0.1, 0.15) is 25.3 Å². The molecule has 0 aliphatic heterocycles. The zero-order chi connectivity index (χ0) is 15.9. The van der Waals surface area contributed by atoms with Crippen LogP contribution in [0.2, 0.25) is 0 Å². The minimum absolute atomic E-state index is 0.0105. The summed E-state index contributed by atoms with van der Waals surface area (Å²) in [5.41, 5.74) is 1.06. The molecule has 0 N–H and O–H groups in total. The van der Waals surface area contributed by atoms with Crippen LogP contribution in [0.4, 0.5) is 0 Å². The van der Waals surface area contributed by atoms with Crippen molar-refractivity contribution in [3.63, 3.8) is 0 Å². The van der Waals surface area contributed by atoms with Crippen LogP contribution in [0.3, 0.4) is 0 Å². The maximum absolute atomic E-state index is 12.5. The summed E-state index contributed by atoms with van der Waals surface area (Å²) < 4.78 is 10.8. The Labute approximate surface area is 132 Å². The standard InChI is InChI=1S/C18H25NO3/c1-4-11-19(12-15-7-9-17(21-3)10-8-15)18(20)14(2)22-13-16-5-6-16/h4,7-10,14,16H,1,5-6,11-13H2,2-3H3. The van der Waals surface area contributed by atoms with Gasteiger partial charge in [0.15, 0.2) is 0 Å². The van der Waals surface area contributed by atoms with Gasteiger partial charge in [0, 0.05) is 13.1 Å². The lowest BCUT2D eigenvalue weighted by Crippen LogP contribution is -2.39. The van der Waals surface area contributed by atoms with Gasteiger partial charge in [-0.3, -0.25) is 4.79 Å². The van der Waals surface area contributed by atoms with Crippen LogP contribution >= 0.6 is 0 Å². The maximum atomic E-state index is 12.5. The van der Waals surface area contributed by atoms with E-state index >= 15 is 0 Å². The van der Waals surface area contributed by atoms with Crippen molar-refractivity contribution < 1.29 is 14.3 Å². The fourth-order valence-electron chi connectivity index (χ4n) is 2.23. The molecule has 1 amide bonds. The molecule has 1 fully saturated rings. The molecule has 1 saturated carbocycles. The van der Waals surface area contributed by atoms with Gasteiger partial charge in [-0.05, 0) is 43.4 Å². The summed E-state index contributed by atoms with van der Waals surface area (Å²) in [6.45, 7) is 7.32. The Morgan fingerprint density at radius 3 is 2.64 bits per heavy atom. The van der Waals surface area contributed by atoms with Gasteiger partial charge >= 0.3 is 0 Å². The fraction of sp³-hybridized carbons (Fsp3) is 0.500. The summed E-state index contributed by atoms with van der Waals surface area (Å²) in [6.07, 6.45) is 3.79. The van der Waals surface area contributed by atoms with Crippen LogP contribution < -0.4 is 4.74 Å². The Kier molecular flexibility index (Phi) is 6.01. The number of carbonyl (C=O) groups is 1. The molecule has 4 heteroatoms. The third kappa shape index (κ3) is 4.88. The number of hydrogen-bond donors (Lipinski definition) is 0. The van der Waals surface area contributed by atoms with Gasteiger partial charge in [0.1, 0.15) is 11.9 Å². The van der Waals surface area contributed by atoms with Gasteiger partial charge in [-0.15, -0.1) is 6.58 Å². The number of nitrogens with zero attached hydrogens (tertiary/aromatic N) is 1. The fourth-order valence-corrected chi connectivity index (χ4v) is 2.23. The zero-order valence-electron chi connectivity index (χ0n) is 13.5. The largest absolute Gasteiger partial charge is 0.497 e. The predicted octanol–water partition coefficient (Wildman–Crippen LogP) is 3.02. The summed E-state index contributed by atoms with van der Waals surface area (Å²) >= 11 is 0. The zero-order valence-corrected chi connectivity index (χ0v) is 13.5. The van der Waals surface area contributed by atoms with Crippen LogP contribution in [-0.2, 0) is 16.1 Å². The molecule has 1 aromatic rings. The third-order valence-corrected chi connectivity index (χ3v) is 3.82. The molecule has 22 heavy (non-hydrogen) atoms. The molecule has 0 aromatic heterocycles. The highest BCUT2D eigenvalue weighted by Gasteiger charge is 2.26. The van der Waals surface area contributed by atoms with Gasteiger partial charge in [0.05, 0.1) is 13.7 Å². The van der Waals surface area contributed by atoms with Crippen LogP contribution in [0.5, 0.6) is 5.75 Å². The highest BCUT2D eigenvalue weighted by molar-refractivity contribution is 5.80. The van der Waals surface area contributed by atoms with Gasteiger partial charge < -0.3 is 14.4 Å². The normalized spacial score (nSPS) is 15.2. The Balaban J connectivity index is 1.93. The molecule has 0 heterocycles. The third-order valence-electron chi connectivity index (χ3n) is 3.82. The molecular weight excluding hydrogens is 278 g/mol. The topological polar surface area (TPSA) is 38.8 Å². The first-order valence-corrected chi connectivity index (χ1v) is 7.78. The Morgan fingerprint density at radius 1 is 1.41 bits per heavy atom. The summed E-state index contributed by atoms with van der Waals surface area (Å²) in [5, 5.41) is 0. The van der Waals surface area contributed by atoms with Crippen molar-refractivity contribution >= 4 is 5.91 Å². The van der Waals surface area contributed by atoms with Crippen LogP contribution in [-0.4, -0.2) is 37.2 Å². The lowest BCUT2D eigenvalue weighted by molar-refractivity contribution is -0.143. The van der Waals surface area contributed by atoms with E-state index in [1.807, 2.05) is 31.2 Å². The van der Waals surface area contributed by atoms with Crippen molar-refractivity contribution in [2.75, 3.05) is 20.3 Å². The first-order valence-electron chi connectivity index (χ1n) is 7.78. The molecule has 0 bridgehead atoms. The van der Waals surface area contributed by atoms with Crippen molar-refractivity contribution in [3.05, 3.63) is 42.5 Å². The van der Waals surface area contributed by atoms with E-state index in [4.69, 9.17) is 9.47 Å². The molecule has 0 radical (unpaired) electrons. The van der Waals surface area contributed by atoms with Gasteiger partial charge in [0.25, 0.3) is 5.91 Å². The summed E-state index contributed by atoms with van der Waals surface area (Å²) in [7, 11) is 1.64. The molecule has 1 aromatic carbocycles. The van der Waals surface area contributed by atoms with E-state index in [0.29, 0.717) is 25.6 Å². The quantitative estimate of drug-likeness (QED) is 0.658.